The Labute approximate surface area is 252 Å². The average molecular weight is 590 g/mol. The van der Waals surface area contributed by atoms with Crippen molar-refractivity contribution < 1.29 is 23.9 Å². The number of nitrogens with zero attached hydrogens (tertiary/aromatic N) is 2. The number of piperazine rings is 1. The van der Waals surface area contributed by atoms with Crippen LogP contribution in [0.1, 0.15) is 62.5 Å². The van der Waals surface area contributed by atoms with E-state index in [1.807, 2.05) is 56.0 Å². The first-order chi connectivity index (χ1) is 20.5. The summed E-state index contributed by atoms with van der Waals surface area (Å²) >= 11 is 0. The Kier molecular flexibility index (Phi) is 9.19. The van der Waals surface area contributed by atoms with Crippen molar-refractivity contribution in [3.8, 4) is 0 Å². The van der Waals surface area contributed by atoms with Crippen molar-refractivity contribution in [1.82, 2.24) is 9.88 Å². The lowest BCUT2D eigenvalue weighted by Gasteiger charge is -2.41. The Morgan fingerprint density at radius 3 is 2.44 bits per heavy atom. The molecule has 1 saturated heterocycles. The van der Waals surface area contributed by atoms with Crippen LogP contribution in [0, 0.1) is 0 Å². The number of amides is 2. The second-order valence-electron chi connectivity index (χ2n) is 12.6. The van der Waals surface area contributed by atoms with Gasteiger partial charge in [0.1, 0.15) is 11.3 Å². The lowest BCUT2D eigenvalue weighted by molar-refractivity contribution is -0.122. The van der Waals surface area contributed by atoms with Crippen LogP contribution in [0.25, 0.3) is 10.9 Å². The van der Waals surface area contributed by atoms with Crippen LogP contribution in [0.5, 0.6) is 0 Å². The number of carbonyl (C=O) groups is 3. The number of H-pyrrole nitrogens is 1. The molecular formula is C33H43N5O5. The zero-order valence-electron chi connectivity index (χ0n) is 25.5. The molecule has 0 radical (unpaired) electrons. The van der Waals surface area contributed by atoms with Crippen molar-refractivity contribution in [1.29, 1.82) is 0 Å². The van der Waals surface area contributed by atoms with Gasteiger partial charge >= 0.3 is 5.97 Å². The largest absolute Gasteiger partial charge is 0.455 e. The van der Waals surface area contributed by atoms with Gasteiger partial charge in [-0.3, -0.25) is 14.5 Å². The smallest absolute Gasteiger partial charge is 0.355 e. The zero-order chi connectivity index (χ0) is 30.7. The summed E-state index contributed by atoms with van der Waals surface area (Å²) < 4.78 is 11.0. The van der Waals surface area contributed by atoms with Crippen LogP contribution < -0.4 is 16.0 Å². The molecule has 10 nitrogen and oxygen atoms in total. The number of aromatic nitrogens is 1. The molecule has 2 fully saturated rings. The first kappa shape index (κ1) is 30.7. The van der Waals surface area contributed by atoms with Gasteiger partial charge in [-0.15, -0.1) is 0 Å². The lowest BCUT2D eigenvalue weighted by Crippen LogP contribution is -2.54. The number of aromatic amines is 1. The van der Waals surface area contributed by atoms with E-state index in [1.54, 1.807) is 25.3 Å². The Bertz CT molecular complexity index is 1450. The monoisotopic (exact) mass is 589 g/mol. The molecule has 5 rings (SSSR count). The maximum atomic E-state index is 13.0. The van der Waals surface area contributed by atoms with E-state index in [2.05, 4.69) is 15.2 Å². The highest BCUT2D eigenvalue weighted by atomic mass is 16.6. The summed E-state index contributed by atoms with van der Waals surface area (Å²) in [6.07, 6.45) is 4.93. The Morgan fingerprint density at radius 2 is 1.79 bits per heavy atom. The summed E-state index contributed by atoms with van der Waals surface area (Å²) in [6, 6.07) is 14.4. The van der Waals surface area contributed by atoms with Crippen molar-refractivity contribution in [2.75, 3.05) is 37.0 Å². The van der Waals surface area contributed by atoms with Gasteiger partial charge in [0.2, 0.25) is 11.8 Å². The van der Waals surface area contributed by atoms with E-state index in [-0.39, 0.29) is 11.8 Å². The summed E-state index contributed by atoms with van der Waals surface area (Å²) in [5.41, 5.74) is 9.01. The number of carbonyl (C=O) groups excluding carboxylic acids is 3. The van der Waals surface area contributed by atoms with E-state index in [1.165, 1.54) is 0 Å². The number of nitrogens with one attached hydrogen (secondary N) is 2. The van der Waals surface area contributed by atoms with Crippen molar-refractivity contribution in [2.45, 2.75) is 76.7 Å². The topological polar surface area (TPSA) is 130 Å². The number of anilines is 2. The number of methoxy groups -OCH3 is 1. The van der Waals surface area contributed by atoms with Gasteiger partial charge in [-0.25, -0.2) is 4.79 Å². The molecule has 1 atom stereocenters. The van der Waals surface area contributed by atoms with Gasteiger partial charge in [0.05, 0.1) is 24.4 Å². The van der Waals surface area contributed by atoms with Gasteiger partial charge in [0.15, 0.2) is 0 Å². The zero-order valence-corrected chi connectivity index (χ0v) is 25.5. The fourth-order valence-electron chi connectivity index (χ4n) is 6.01. The van der Waals surface area contributed by atoms with Crippen molar-refractivity contribution in [3.63, 3.8) is 0 Å². The number of hydrogen-bond acceptors (Lipinski definition) is 7. The second kappa shape index (κ2) is 12.9. The fourth-order valence-corrected chi connectivity index (χ4v) is 6.01. The quantitative estimate of drug-likeness (QED) is 0.335. The minimum absolute atomic E-state index is 0.109. The molecule has 0 bridgehead atoms. The van der Waals surface area contributed by atoms with E-state index >= 15 is 0 Å². The highest BCUT2D eigenvalue weighted by Gasteiger charge is 2.32. The van der Waals surface area contributed by atoms with Crippen LogP contribution in [-0.4, -0.2) is 78.2 Å². The number of fused-ring (bicyclic) bond motifs is 1. The van der Waals surface area contributed by atoms with Crippen molar-refractivity contribution in [3.05, 3.63) is 59.8 Å². The molecule has 1 aromatic heterocycles. The summed E-state index contributed by atoms with van der Waals surface area (Å²) in [5.74, 6) is -0.685. The predicted molar refractivity (Wildman–Crippen MR) is 167 cm³/mol. The average Bonchev–Trinajstić information content (AvgIpc) is 3.43. The summed E-state index contributed by atoms with van der Waals surface area (Å²) in [6.45, 7) is 7.37. The minimum Gasteiger partial charge on any atom is -0.455 e. The van der Waals surface area contributed by atoms with E-state index in [0.29, 0.717) is 53.9 Å². The molecule has 3 aromatic rings. The van der Waals surface area contributed by atoms with E-state index < -0.39 is 17.6 Å². The number of hydrogen-bond donors (Lipinski definition) is 3. The minimum atomic E-state index is -0.788. The summed E-state index contributed by atoms with van der Waals surface area (Å²) in [5, 5.41) is 3.61. The van der Waals surface area contributed by atoms with Gasteiger partial charge in [0.25, 0.3) is 0 Å². The number of benzene rings is 2. The van der Waals surface area contributed by atoms with Gasteiger partial charge in [-0.2, -0.15) is 0 Å². The molecule has 2 aromatic carbocycles. The predicted octanol–water partition coefficient (Wildman–Crippen LogP) is 4.24. The SMILES string of the molecule is COC1CCC(N2CCN(c3ccc(CC(N)C(=O)Nc4cccc5[nH]c(C(=O)OC(C)(C)C)cc45)cc3)C(=O)C2)CC1. The third-order valence-electron chi connectivity index (χ3n) is 8.32. The molecule has 1 unspecified atom stereocenters. The maximum Gasteiger partial charge on any atom is 0.355 e. The third-order valence-corrected chi connectivity index (χ3v) is 8.32. The molecule has 0 spiro atoms. The van der Waals surface area contributed by atoms with Crippen LogP contribution in [0.3, 0.4) is 0 Å². The molecule has 43 heavy (non-hydrogen) atoms. The first-order valence-corrected chi connectivity index (χ1v) is 15.1. The lowest BCUT2D eigenvalue weighted by atomic mass is 9.91. The standard InChI is InChI=1S/C33H43N5O5/c1-33(2,3)43-32(41)29-19-25-27(35-29)6-5-7-28(25)36-31(40)26(34)18-21-8-10-23(11-9-21)38-17-16-37(20-30(38)39)22-12-14-24(42-4)15-13-22/h5-11,19,22,24,26,35H,12-18,20,34H2,1-4H3,(H,36,40). The number of nitrogens with two attached hydrogens (primary N) is 1. The van der Waals surface area contributed by atoms with Crippen LogP contribution in [-0.2, 0) is 25.5 Å². The molecule has 1 saturated carbocycles. The molecule has 1 aliphatic heterocycles. The number of esters is 1. The van der Waals surface area contributed by atoms with E-state index in [9.17, 15) is 14.4 Å². The van der Waals surface area contributed by atoms with Crippen molar-refractivity contribution in [2.24, 2.45) is 5.73 Å². The van der Waals surface area contributed by atoms with E-state index in [0.717, 1.165) is 43.5 Å². The molecule has 4 N–H and O–H groups in total. The van der Waals surface area contributed by atoms with Gasteiger partial charge in [-0.05, 0) is 88.8 Å². The molecule has 1 aliphatic carbocycles. The number of rotatable bonds is 8. The van der Waals surface area contributed by atoms with Crippen LogP contribution >= 0.6 is 0 Å². The molecule has 2 aliphatic rings. The number of ether oxygens (including phenoxy) is 2. The molecular weight excluding hydrogens is 546 g/mol. The Hall–Kier alpha value is -3.73. The second-order valence-corrected chi connectivity index (χ2v) is 12.6. The third kappa shape index (κ3) is 7.44. The van der Waals surface area contributed by atoms with Gasteiger partial charge < -0.3 is 30.4 Å². The Morgan fingerprint density at radius 1 is 1.07 bits per heavy atom. The van der Waals surface area contributed by atoms with Crippen LogP contribution in [0.2, 0.25) is 0 Å². The summed E-state index contributed by atoms with van der Waals surface area (Å²) in [7, 11) is 1.78. The molecule has 2 heterocycles. The maximum absolute atomic E-state index is 13.0. The Balaban J connectivity index is 1.16. The van der Waals surface area contributed by atoms with Crippen molar-refractivity contribution >= 4 is 40.1 Å². The summed E-state index contributed by atoms with van der Waals surface area (Å²) in [4.78, 5) is 45.8. The van der Waals surface area contributed by atoms with E-state index in [4.69, 9.17) is 15.2 Å². The van der Waals surface area contributed by atoms with Gasteiger partial charge in [-0.1, -0.05) is 18.2 Å². The van der Waals surface area contributed by atoms with Crippen LogP contribution in [0.4, 0.5) is 11.4 Å². The fraction of sp³-hybridized carbons (Fsp3) is 0.485. The molecule has 10 heteroatoms. The molecule has 2 amide bonds. The molecule has 230 valence electrons. The normalized spacial score (nSPS) is 20.7. The van der Waals surface area contributed by atoms with Crippen LogP contribution in [0.15, 0.2) is 48.5 Å². The highest BCUT2D eigenvalue weighted by Crippen LogP contribution is 2.28. The highest BCUT2D eigenvalue weighted by molar-refractivity contribution is 6.05. The first-order valence-electron chi connectivity index (χ1n) is 15.1. The van der Waals surface area contributed by atoms with Gasteiger partial charge in [0, 0.05) is 42.8 Å².